The number of ether oxygens (including phenoxy) is 1. The highest BCUT2D eigenvalue weighted by Crippen LogP contribution is 2.36. The first kappa shape index (κ1) is 13.2. The van der Waals surface area contributed by atoms with Crippen LogP contribution in [0.1, 0.15) is 47.3 Å². The van der Waals surface area contributed by atoms with E-state index >= 15 is 0 Å². The SMILES string of the molecule is CC.CC1Cc2cc3c(nc2N1)CC(C(C)C)O3.[HH]. The Bertz CT molecular complexity index is 399. The number of nitrogens with zero attached hydrogens (tertiary/aromatic N) is 1. The molecular weight excluding hydrogens is 224 g/mol. The van der Waals surface area contributed by atoms with Gasteiger partial charge in [0.2, 0.25) is 0 Å². The fourth-order valence-electron chi connectivity index (χ4n) is 2.48. The maximum atomic E-state index is 5.94. The lowest BCUT2D eigenvalue weighted by Gasteiger charge is -2.13. The molecule has 2 atom stereocenters. The second kappa shape index (κ2) is 5.17. The van der Waals surface area contributed by atoms with Gasteiger partial charge in [-0.2, -0.15) is 0 Å². The molecule has 0 radical (unpaired) electrons. The number of fused-ring (bicyclic) bond motifs is 2. The molecule has 1 aromatic rings. The molecule has 2 aliphatic rings. The first-order valence-corrected chi connectivity index (χ1v) is 7.09. The summed E-state index contributed by atoms with van der Waals surface area (Å²) in [6.45, 7) is 10.6. The van der Waals surface area contributed by atoms with Gasteiger partial charge in [0, 0.05) is 19.5 Å². The van der Waals surface area contributed by atoms with Crippen LogP contribution in [-0.4, -0.2) is 17.1 Å². The Kier molecular flexibility index (Phi) is 3.79. The molecule has 0 aliphatic carbocycles. The van der Waals surface area contributed by atoms with Crippen LogP contribution in [0.4, 0.5) is 5.82 Å². The largest absolute Gasteiger partial charge is 0.488 e. The van der Waals surface area contributed by atoms with E-state index in [0.717, 1.165) is 30.1 Å². The van der Waals surface area contributed by atoms with Crippen molar-refractivity contribution in [3.63, 3.8) is 0 Å². The molecule has 3 heteroatoms. The molecule has 0 saturated carbocycles. The van der Waals surface area contributed by atoms with Crippen LogP contribution in [-0.2, 0) is 12.8 Å². The first-order chi connectivity index (χ1) is 8.63. The Morgan fingerprint density at radius 3 is 2.78 bits per heavy atom. The van der Waals surface area contributed by atoms with E-state index in [-0.39, 0.29) is 1.43 Å². The Morgan fingerprint density at radius 2 is 2.11 bits per heavy atom. The van der Waals surface area contributed by atoms with E-state index in [2.05, 4.69) is 37.1 Å². The van der Waals surface area contributed by atoms with E-state index in [1.165, 1.54) is 5.56 Å². The zero-order valence-electron chi connectivity index (χ0n) is 12.1. The molecule has 1 N–H and O–H groups in total. The third-order valence-electron chi connectivity index (χ3n) is 3.47. The second-order valence-corrected chi connectivity index (χ2v) is 5.29. The van der Waals surface area contributed by atoms with Crippen LogP contribution in [0, 0.1) is 5.92 Å². The van der Waals surface area contributed by atoms with Gasteiger partial charge in [-0.05, 0) is 25.3 Å². The highest BCUT2D eigenvalue weighted by atomic mass is 16.5. The van der Waals surface area contributed by atoms with Crippen molar-refractivity contribution in [1.29, 1.82) is 0 Å². The van der Waals surface area contributed by atoms with E-state index in [1.54, 1.807) is 0 Å². The molecule has 0 fully saturated rings. The molecule has 3 nitrogen and oxygen atoms in total. The van der Waals surface area contributed by atoms with Crippen LogP contribution in [0.5, 0.6) is 5.75 Å². The van der Waals surface area contributed by atoms with E-state index in [4.69, 9.17) is 4.74 Å². The van der Waals surface area contributed by atoms with Crippen molar-refractivity contribution in [2.75, 3.05) is 5.32 Å². The van der Waals surface area contributed by atoms with Crippen LogP contribution in [0.15, 0.2) is 6.07 Å². The van der Waals surface area contributed by atoms with Crippen molar-refractivity contribution in [1.82, 2.24) is 4.98 Å². The van der Waals surface area contributed by atoms with Gasteiger partial charge in [-0.15, -0.1) is 0 Å². The maximum Gasteiger partial charge on any atom is 0.141 e. The summed E-state index contributed by atoms with van der Waals surface area (Å²) in [6, 6.07) is 2.68. The Morgan fingerprint density at radius 1 is 1.39 bits per heavy atom. The summed E-state index contributed by atoms with van der Waals surface area (Å²) >= 11 is 0. The van der Waals surface area contributed by atoms with Crippen molar-refractivity contribution in [2.24, 2.45) is 5.92 Å². The summed E-state index contributed by atoms with van der Waals surface area (Å²) in [4.78, 5) is 4.68. The third-order valence-corrected chi connectivity index (χ3v) is 3.47. The van der Waals surface area contributed by atoms with Gasteiger partial charge in [0.25, 0.3) is 0 Å². The minimum absolute atomic E-state index is 0. The molecule has 3 rings (SSSR count). The fraction of sp³-hybridized carbons (Fsp3) is 0.667. The van der Waals surface area contributed by atoms with Gasteiger partial charge in [-0.1, -0.05) is 27.7 Å². The normalized spacial score (nSPS) is 23.7. The van der Waals surface area contributed by atoms with E-state index in [1.807, 2.05) is 13.8 Å². The molecule has 0 saturated heterocycles. The maximum absolute atomic E-state index is 5.94. The molecular formula is C15H26N2O. The number of aromatic nitrogens is 1. The second-order valence-electron chi connectivity index (χ2n) is 5.29. The minimum Gasteiger partial charge on any atom is -0.488 e. The fourth-order valence-corrected chi connectivity index (χ4v) is 2.48. The molecule has 102 valence electrons. The van der Waals surface area contributed by atoms with E-state index in [0.29, 0.717) is 18.1 Å². The molecule has 1 aromatic heterocycles. The summed E-state index contributed by atoms with van der Waals surface area (Å²) in [5.74, 6) is 2.63. The number of nitrogens with one attached hydrogen (secondary N) is 1. The van der Waals surface area contributed by atoms with Crippen molar-refractivity contribution >= 4 is 5.82 Å². The van der Waals surface area contributed by atoms with Crippen LogP contribution >= 0.6 is 0 Å². The van der Waals surface area contributed by atoms with Gasteiger partial charge < -0.3 is 10.1 Å². The molecule has 0 aromatic carbocycles. The molecule has 3 heterocycles. The van der Waals surface area contributed by atoms with E-state index in [9.17, 15) is 0 Å². The number of anilines is 1. The average Bonchev–Trinajstić information content (AvgIpc) is 2.89. The Hall–Kier alpha value is -1.25. The lowest BCUT2D eigenvalue weighted by Crippen LogP contribution is -2.20. The summed E-state index contributed by atoms with van der Waals surface area (Å²) in [6.07, 6.45) is 2.32. The smallest absolute Gasteiger partial charge is 0.141 e. The first-order valence-electron chi connectivity index (χ1n) is 7.09. The highest BCUT2D eigenvalue weighted by Gasteiger charge is 2.30. The summed E-state index contributed by atoms with van der Waals surface area (Å²) < 4.78 is 5.94. The van der Waals surface area contributed by atoms with Crippen molar-refractivity contribution in [3.8, 4) is 5.75 Å². The molecule has 18 heavy (non-hydrogen) atoms. The number of hydrogen-bond acceptors (Lipinski definition) is 3. The molecule has 0 bridgehead atoms. The van der Waals surface area contributed by atoms with Gasteiger partial charge in [0.1, 0.15) is 17.7 Å². The molecule has 0 amide bonds. The summed E-state index contributed by atoms with van der Waals surface area (Å²) in [5.41, 5.74) is 2.43. The standard InChI is InChI=1S/C13H18N2O.C2H6.H2/c1-7(2)11-6-10-12(16-11)5-9-4-8(3)14-13(9)15-10;1-2;/h5,7-8,11H,4,6H2,1-3H3,(H,14,15);1-2H3;1H. The lowest BCUT2D eigenvalue weighted by molar-refractivity contribution is 0.178. The number of rotatable bonds is 1. The molecule has 0 spiro atoms. The third kappa shape index (κ3) is 2.31. The van der Waals surface area contributed by atoms with Crippen molar-refractivity contribution < 1.29 is 6.16 Å². The quantitative estimate of drug-likeness (QED) is 0.825. The predicted octanol–water partition coefficient (Wildman–Crippen LogP) is 3.67. The van der Waals surface area contributed by atoms with Gasteiger partial charge in [-0.25, -0.2) is 4.98 Å². The van der Waals surface area contributed by atoms with Gasteiger partial charge in [0.15, 0.2) is 0 Å². The number of hydrogen-bond donors (Lipinski definition) is 1. The molecule has 2 aliphatic heterocycles. The minimum atomic E-state index is 0. The zero-order chi connectivity index (χ0) is 13.3. The lowest BCUT2D eigenvalue weighted by atomic mass is 10.0. The van der Waals surface area contributed by atoms with Crippen molar-refractivity contribution in [3.05, 3.63) is 17.3 Å². The van der Waals surface area contributed by atoms with Gasteiger partial charge in [-0.3, -0.25) is 0 Å². The topological polar surface area (TPSA) is 34.2 Å². The highest BCUT2D eigenvalue weighted by molar-refractivity contribution is 5.55. The average molecular weight is 250 g/mol. The van der Waals surface area contributed by atoms with Crippen molar-refractivity contribution in [2.45, 2.75) is 59.6 Å². The summed E-state index contributed by atoms with van der Waals surface area (Å²) in [5, 5.41) is 3.40. The monoisotopic (exact) mass is 250 g/mol. The molecule has 2 unspecified atom stereocenters. The van der Waals surface area contributed by atoms with Gasteiger partial charge in [0.05, 0.1) is 5.69 Å². The zero-order valence-corrected chi connectivity index (χ0v) is 12.1. The predicted molar refractivity (Wildman–Crippen MR) is 77.4 cm³/mol. The van der Waals surface area contributed by atoms with Crippen LogP contribution in [0.25, 0.3) is 0 Å². The summed E-state index contributed by atoms with van der Waals surface area (Å²) in [7, 11) is 0. The Labute approximate surface area is 111 Å². The van der Waals surface area contributed by atoms with Crippen LogP contribution in [0.2, 0.25) is 0 Å². The van der Waals surface area contributed by atoms with Crippen LogP contribution in [0.3, 0.4) is 0 Å². The van der Waals surface area contributed by atoms with Gasteiger partial charge >= 0.3 is 0 Å². The van der Waals surface area contributed by atoms with Crippen LogP contribution < -0.4 is 10.1 Å². The van der Waals surface area contributed by atoms with E-state index < -0.39 is 0 Å². The Balaban J connectivity index is 0.000000576. The number of pyridine rings is 1.